The van der Waals surface area contributed by atoms with Crippen molar-refractivity contribution in [3.8, 4) is 5.75 Å². The van der Waals surface area contributed by atoms with E-state index in [-0.39, 0.29) is 18.4 Å². The molecule has 148 valence electrons. The van der Waals surface area contributed by atoms with Gasteiger partial charge in [-0.25, -0.2) is 0 Å². The van der Waals surface area contributed by atoms with Crippen LogP contribution in [0.5, 0.6) is 5.75 Å². The second kappa shape index (κ2) is 9.54. The van der Waals surface area contributed by atoms with Crippen LogP contribution in [-0.4, -0.2) is 49.6 Å². The number of benzene rings is 2. The molecule has 1 fully saturated rings. The Bertz CT molecular complexity index is 859. The van der Waals surface area contributed by atoms with Gasteiger partial charge in [0.1, 0.15) is 5.75 Å². The largest absolute Gasteiger partial charge is 0.482 e. The summed E-state index contributed by atoms with van der Waals surface area (Å²) in [6, 6.07) is 10.8. The zero-order valence-electron chi connectivity index (χ0n) is 15.3. The number of rotatable bonds is 5. The van der Waals surface area contributed by atoms with E-state index in [1.165, 1.54) is 0 Å². The number of carbonyl (C=O) groups excluding carboxylic acids is 2. The maximum Gasteiger partial charge on any atom is 0.262 e. The third-order valence-corrected chi connectivity index (χ3v) is 5.32. The highest BCUT2D eigenvalue weighted by molar-refractivity contribution is 9.11. The van der Waals surface area contributed by atoms with Gasteiger partial charge in [-0.3, -0.25) is 9.59 Å². The van der Waals surface area contributed by atoms with Crippen LogP contribution in [-0.2, 0) is 9.53 Å². The maximum atomic E-state index is 12.8. The molecule has 1 N–H and O–H groups in total. The molecule has 3 rings (SSSR count). The second-order valence-corrected chi connectivity index (χ2v) is 8.09. The molecule has 0 radical (unpaired) electrons. The number of carbonyl (C=O) groups is 2. The van der Waals surface area contributed by atoms with Gasteiger partial charge in [0.15, 0.2) is 6.61 Å². The Morgan fingerprint density at radius 1 is 1.18 bits per heavy atom. The van der Waals surface area contributed by atoms with E-state index in [1.54, 1.807) is 29.2 Å². The summed E-state index contributed by atoms with van der Waals surface area (Å²) in [6.45, 7) is 3.87. The molecule has 1 aliphatic rings. The lowest BCUT2D eigenvalue weighted by Crippen LogP contribution is -2.41. The summed E-state index contributed by atoms with van der Waals surface area (Å²) in [5, 5.41) is 2.78. The highest BCUT2D eigenvalue weighted by atomic mass is 79.9. The number of amides is 2. The molecule has 0 saturated carbocycles. The van der Waals surface area contributed by atoms with Gasteiger partial charge in [-0.05, 0) is 52.7 Å². The van der Waals surface area contributed by atoms with Crippen molar-refractivity contribution in [3.05, 3.63) is 56.5 Å². The average Bonchev–Trinajstić information content (AvgIpc) is 2.67. The lowest BCUT2D eigenvalue weighted by atomic mass is 10.1. The first kappa shape index (κ1) is 20.8. The number of morpholine rings is 1. The Morgan fingerprint density at radius 3 is 2.61 bits per heavy atom. The van der Waals surface area contributed by atoms with Crippen molar-refractivity contribution < 1.29 is 19.1 Å². The number of ether oxygens (including phenoxy) is 2. The van der Waals surface area contributed by atoms with Crippen LogP contribution in [0.4, 0.5) is 5.69 Å². The van der Waals surface area contributed by atoms with Gasteiger partial charge in [0, 0.05) is 17.6 Å². The predicted octanol–water partition coefficient (Wildman–Crippen LogP) is 4.01. The molecule has 0 atom stereocenters. The van der Waals surface area contributed by atoms with Crippen molar-refractivity contribution in [1.82, 2.24) is 4.90 Å². The van der Waals surface area contributed by atoms with Crippen LogP contribution in [0.1, 0.15) is 15.9 Å². The van der Waals surface area contributed by atoms with Crippen LogP contribution in [0, 0.1) is 6.92 Å². The van der Waals surface area contributed by atoms with Gasteiger partial charge < -0.3 is 19.7 Å². The number of hydrogen-bond donors (Lipinski definition) is 1. The summed E-state index contributed by atoms with van der Waals surface area (Å²) in [5.74, 6) is 0.152. The first-order valence-corrected chi connectivity index (χ1v) is 10.4. The van der Waals surface area contributed by atoms with Crippen molar-refractivity contribution in [2.75, 3.05) is 38.2 Å². The molecule has 1 saturated heterocycles. The van der Waals surface area contributed by atoms with Gasteiger partial charge in [-0.1, -0.05) is 28.1 Å². The van der Waals surface area contributed by atoms with Crippen LogP contribution >= 0.6 is 31.9 Å². The van der Waals surface area contributed by atoms with Crippen molar-refractivity contribution in [2.24, 2.45) is 0 Å². The summed E-state index contributed by atoms with van der Waals surface area (Å²) in [7, 11) is 0. The van der Waals surface area contributed by atoms with E-state index in [4.69, 9.17) is 9.47 Å². The van der Waals surface area contributed by atoms with Gasteiger partial charge in [0.2, 0.25) is 0 Å². The van der Waals surface area contributed by atoms with Gasteiger partial charge in [0.05, 0.1) is 28.9 Å². The Balaban J connectivity index is 1.67. The van der Waals surface area contributed by atoms with Gasteiger partial charge >= 0.3 is 0 Å². The van der Waals surface area contributed by atoms with Crippen LogP contribution < -0.4 is 10.1 Å². The number of para-hydroxylation sites is 1. The summed E-state index contributed by atoms with van der Waals surface area (Å²) >= 11 is 6.86. The molecule has 0 aliphatic carbocycles. The molecule has 2 aromatic carbocycles. The topological polar surface area (TPSA) is 67.9 Å². The highest BCUT2D eigenvalue weighted by Crippen LogP contribution is 2.32. The molecule has 0 unspecified atom stereocenters. The normalized spacial score (nSPS) is 13.9. The first-order chi connectivity index (χ1) is 13.5. The predicted molar refractivity (Wildman–Crippen MR) is 114 cm³/mol. The highest BCUT2D eigenvalue weighted by Gasteiger charge is 2.21. The summed E-state index contributed by atoms with van der Waals surface area (Å²) < 4.78 is 12.7. The van der Waals surface area contributed by atoms with Crippen molar-refractivity contribution in [3.63, 3.8) is 0 Å². The van der Waals surface area contributed by atoms with E-state index in [2.05, 4.69) is 37.2 Å². The molecule has 0 spiro atoms. The minimum atomic E-state index is -0.337. The molecule has 2 amide bonds. The van der Waals surface area contributed by atoms with E-state index >= 15 is 0 Å². The fraction of sp³-hybridized carbons (Fsp3) is 0.300. The van der Waals surface area contributed by atoms with Gasteiger partial charge in [-0.15, -0.1) is 0 Å². The molecule has 28 heavy (non-hydrogen) atoms. The number of halogens is 2. The summed E-state index contributed by atoms with van der Waals surface area (Å²) in [6.07, 6.45) is 0. The lowest BCUT2D eigenvalue weighted by molar-refractivity contribution is -0.118. The van der Waals surface area contributed by atoms with Gasteiger partial charge in [-0.2, -0.15) is 0 Å². The molecule has 6 nitrogen and oxygen atoms in total. The van der Waals surface area contributed by atoms with Crippen LogP contribution in [0.15, 0.2) is 45.3 Å². The van der Waals surface area contributed by atoms with E-state index in [1.807, 2.05) is 19.1 Å². The number of aryl methyl sites for hydroxylation is 1. The van der Waals surface area contributed by atoms with E-state index in [0.29, 0.717) is 43.3 Å². The number of nitrogens with zero attached hydrogens (tertiary/aromatic N) is 1. The Labute approximate surface area is 180 Å². The quantitative estimate of drug-likeness (QED) is 0.658. The molecule has 0 aromatic heterocycles. The minimum Gasteiger partial charge on any atom is -0.482 e. The fourth-order valence-electron chi connectivity index (χ4n) is 2.91. The Morgan fingerprint density at radius 2 is 1.89 bits per heavy atom. The Hall–Kier alpha value is -1.90. The third-order valence-electron chi connectivity index (χ3n) is 4.27. The molecule has 0 bridgehead atoms. The number of anilines is 1. The average molecular weight is 512 g/mol. The number of nitrogens with one attached hydrogen (secondary N) is 1. The molecule has 2 aromatic rings. The van der Waals surface area contributed by atoms with Crippen LogP contribution in [0.3, 0.4) is 0 Å². The lowest BCUT2D eigenvalue weighted by Gasteiger charge is -2.27. The smallest absolute Gasteiger partial charge is 0.262 e. The van der Waals surface area contributed by atoms with Crippen molar-refractivity contribution in [1.29, 1.82) is 0 Å². The van der Waals surface area contributed by atoms with E-state index < -0.39 is 0 Å². The van der Waals surface area contributed by atoms with Crippen molar-refractivity contribution >= 4 is 49.4 Å². The SMILES string of the molecule is Cc1cc(Br)cc(Br)c1OCC(=O)Nc1ccccc1C(=O)N1CCOCC1. The monoisotopic (exact) mass is 510 g/mol. The zero-order chi connectivity index (χ0) is 20.1. The van der Waals surface area contributed by atoms with E-state index in [9.17, 15) is 9.59 Å². The molecular weight excluding hydrogens is 492 g/mol. The maximum absolute atomic E-state index is 12.8. The third kappa shape index (κ3) is 5.12. The zero-order valence-corrected chi connectivity index (χ0v) is 18.5. The van der Waals surface area contributed by atoms with Crippen LogP contribution in [0.25, 0.3) is 0 Å². The first-order valence-electron chi connectivity index (χ1n) is 8.80. The summed E-state index contributed by atoms with van der Waals surface area (Å²) in [5.41, 5.74) is 1.83. The fourth-order valence-corrected chi connectivity index (χ4v) is 4.46. The van der Waals surface area contributed by atoms with Gasteiger partial charge in [0.25, 0.3) is 11.8 Å². The van der Waals surface area contributed by atoms with Crippen molar-refractivity contribution in [2.45, 2.75) is 6.92 Å². The number of hydrogen-bond acceptors (Lipinski definition) is 4. The van der Waals surface area contributed by atoms with E-state index in [0.717, 1.165) is 14.5 Å². The molecule has 1 aliphatic heterocycles. The summed E-state index contributed by atoms with van der Waals surface area (Å²) in [4.78, 5) is 26.9. The molecule has 1 heterocycles. The van der Waals surface area contributed by atoms with Crippen LogP contribution in [0.2, 0.25) is 0 Å². The molecule has 8 heteroatoms. The molecular formula is C20H20Br2N2O4. The standard InChI is InChI=1S/C20H20Br2N2O4/c1-13-10-14(21)11-16(22)19(13)28-12-18(25)23-17-5-3-2-4-15(17)20(26)24-6-8-27-9-7-24/h2-5,10-11H,6-9,12H2,1H3,(H,23,25). The minimum absolute atomic E-state index is 0.119. The second-order valence-electron chi connectivity index (χ2n) is 6.32. The Kier molecular flexibility index (Phi) is 7.09.